The maximum absolute atomic E-state index is 12.6. The molecule has 0 atom stereocenters. The Bertz CT molecular complexity index is 1330. The highest BCUT2D eigenvalue weighted by molar-refractivity contribution is 8.18. The second-order valence-corrected chi connectivity index (χ2v) is 9.00. The number of aliphatic imine (C=N–C) groups is 1. The number of aryl methyl sites for hydroxylation is 1. The summed E-state index contributed by atoms with van der Waals surface area (Å²) in [6, 6.07) is 13.5. The quantitative estimate of drug-likeness (QED) is 0.506. The lowest BCUT2D eigenvalue weighted by Gasteiger charge is -2.10. The van der Waals surface area contributed by atoms with Crippen molar-refractivity contribution in [3.63, 3.8) is 0 Å². The van der Waals surface area contributed by atoms with E-state index in [-0.39, 0.29) is 12.7 Å². The van der Waals surface area contributed by atoms with E-state index in [4.69, 9.17) is 21.1 Å². The van der Waals surface area contributed by atoms with E-state index in [1.54, 1.807) is 0 Å². The molecule has 3 heterocycles. The Hall–Kier alpha value is -3.16. The number of amides is 1. The third-order valence-corrected chi connectivity index (χ3v) is 6.80. The number of fused-ring (bicyclic) bond motifs is 1. The van der Waals surface area contributed by atoms with Gasteiger partial charge in [0.15, 0.2) is 16.7 Å². The lowest BCUT2D eigenvalue weighted by atomic mass is 10.2. The molecule has 8 heteroatoms. The fraction of sp³-hybridized carbons (Fsp3) is 0.167. The summed E-state index contributed by atoms with van der Waals surface area (Å²) in [5, 5.41) is 4.03. The first-order valence-corrected chi connectivity index (χ1v) is 11.2. The number of ether oxygens (including phenoxy) is 2. The number of rotatable bonds is 3. The summed E-state index contributed by atoms with van der Waals surface area (Å²) < 4.78 is 13.1. The molecule has 2 aliphatic heterocycles. The number of nitrogens with zero attached hydrogens (tertiary/aromatic N) is 2. The summed E-state index contributed by atoms with van der Waals surface area (Å²) in [5.41, 5.74) is 5.65. The normalized spacial score (nSPS) is 17.4. The van der Waals surface area contributed by atoms with Gasteiger partial charge in [0, 0.05) is 28.2 Å². The number of amidine groups is 1. The number of hydrogen-bond acceptors (Lipinski definition) is 5. The van der Waals surface area contributed by atoms with Crippen LogP contribution in [0.2, 0.25) is 5.02 Å². The van der Waals surface area contributed by atoms with Crippen molar-refractivity contribution in [2.45, 2.75) is 20.8 Å². The van der Waals surface area contributed by atoms with Gasteiger partial charge >= 0.3 is 0 Å². The van der Waals surface area contributed by atoms with Crippen molar-refractivity contribution in [3.05, 3.63) is 74.9 Å². The van der Waals surface area contributed by atoms with E-state index in [1.165, 1.54) is 11.8 Å². The van der Waals surface area contributed by atoms with Gasteiger partial charge in [0.05, 0.1) is 10.6 Å². The molecule has 1 amide bonds. The minimum absolute atomic E-state index is 0.165. The Morgan fingerprint density at radius 2 is 1.94 bits per heavy atom. The Labute approximate surface area is 194 Å². The summed E-state index contributed by atoms with van der Waals surface area (Å²) in [4.78, 5) is 17.8. The van der Waals surface area contributed by atoms with Crippen LogP contribution in [0.5, 0.6) is 11.5 Å². The first-order valence-electron chi connectivity index (χ1n) is 10.0. The summed E-state index contributed by atoms with van der Waals surface area (Å²) in [6.07, 6.45) is 1.90. The lowest BCUT2D eigenvalue weighted by molar-refractivity contribution is -0.115. The van der Waals surface area contributed by atoms with Gasteiger partial charge in [0.2, 0.25) is 6.79 Å². The van der Waals surface area contributed by atoms with Crippen molar-refractivity contribution in [1.29, 1.82) is 0 Å². The molecule has 2 aliphatic rings. The fourth-order valence-electron chi connectivity index (χ4n) is 3.80. The number of benzene rings is 2. The van der Waals surface area contributed by atoms with Gasteiger partial charge < -0.3 is 19.4 Å². The molecule has 0 unspecified atom stereocenters. The zero-order valence-corrected chi connectivity index (χ0v) is 19.3. The van der Waals surface area contributed by atoms with Crippen LogP contribution in [0, 0.1) is 20.8 Å². The first-order chi connectivity index (χ1) is 15.4. The van der Waals surface area contributed by atoms with Gasteiger partial charge in [-0.25, -0.2) is 4.99 Å². The molecule has 3 aromatic rings. The van der Waals surface area contributed by atoms with Crippen LogP contribution in [-0.2, 0) is 4.79 Å². The number of nitrogens with one attached hydrogen (secondary N) is 1. The number of halogens is 1. The van der Waals surface area contributed by atoms with Crippen LogP contribution in [0.4, 0.5) is 5.69 Å². The zero-order valence-electron chi connectivity index (χ0n) is 17.7. The van der Waals surface area contributed by atoms with Crippen molar-refractivity contribution in [2.24, 2.45) is 4.99 Å². The van der Waals surface area contributed by atoms with Gasteiger partial charge in [-0.1, -0.05) is 17.7 Å². The smallest absolute Gasteiger partial charge is 0.264 e. The molecular formula is C24H20ClN3O3S. The minimum atomic E-state index is -0.165. The van der Waals surface area contributed by atoms with E-state index in [9.17, 15) is 4.79 Å². The number of carbonyl (C=O) groups excluding carboxylic acids is 1. The largest absolute Gasteiger partial charge is 0.454 e. The van der Waals surface area contributed by atoms with Crippen molar-refractivity contribution in [2.75, 3.05) is 6.79 Å². The zero-order chi connectivity index (χ0) is 22.4. The number of thioether (sulfide) groups is 1. The van der Waals surface area contributed by atoms with E-state index in [2.05, 4.69) is 20.9 Å². The van der Waals surface area contributed by atoms with Crippen LogP contribution >= 0.6 is 23.4 Å². The Morgan fingerprint density at radius 3 is 2.78 bits per heavy atom. The van der Waals surface area contributed by atoms with Crippen molar-refractivity contribution < 1.29 is 14.3 Å². The highest BCUT2D eigenvalue weighted by Crippen LogP contribution is 2.36. The second-order valence-electron chi connectivity index (χ2n) is 7.57. The second kappa shape index (κ2) is 8.07. The first kappa shape index (κ1) is 20.7. The van der Waals surface area contributed by atoms with Gasteiger partial charge in [-0.05, 0) is 80.1 Å². The molecule has 5 rings (SSSR count). The molecular weight excluding hydrogens is 446 g/mol. The van der Waals surface area contributed by atoms with E-state index in [0.29, 0.717) is 15.1 Å². The summed E-state index contributed by atoms with van der Waals surface area (Å²) in [6.45, 7) is 6.22. The van der Waals surface area contributed by atoms with Gasteiger partial charge in [-0.15, -0.1) is 0 Å². The van der Waals surface area contributed by atoms with Crippen LogP contribution in [0.15, 0.2) is 52.4 Å². The number of carbonyl (C=O) groups is 1. The molecule has 32 heavy (non-hydrogen) atoms. The van der Waals surface area contributed by atoms with Crippen LogP contribution in [0.1, 0.15) is 22.5 Å². The summed E-state index contributed by atoms with van der Waals surface area (Å²) >= 11 is 7.51. The van der Waals surface area contributed by atoms with Crippen LogP contribution in [0.25, 0.3) is 11.8 Å². The molecule has 162 valence electrons. The molecule has 1 fully saturated rings. The van der Waals surface area contributed by atoms with Crippen LogP contribution in [-0.4, -0.2) is 22.4 Å². The molecule has 1 saturated heterocycles. The average molecular weight is 466 g/mol. The SMILES string of the molecule is Cc1c(Cl)cccc1N=C1NC(=O)/C(=C\c2cc(C)n(-c3ccc4c(c3)OCO4)c2C)S1. The Balaban J connectivity index is 1.45. The third kappa shape index (κ3) is 3.67. The van der Waals surface area contributed by atoms with Gasteiger partial charge in [0.1, 0.15) is 0 Å². The third-order valence-electron chi connectivity index (χ3n) is 5.48. The molecule has 1 aromatic heterocycles. The highest BCUT2D eigenvalue weighted by atomic mass is 35.5. The van der Waals surface area contributed by atoms with E-state index >= 15 is 0 Å². The van der Waals surface area contributed by atoms with Crippen LogP contribution in [0.3, 0.4) is 0 Å². The minimum Gasteiger partial charge on any atom is -0.454 e. The number of aromatic nitrogens is 1. The van der Waals surface area contributed by atoms with Crippen molar-refractivity contribution in [3.8, 4) is 17.2 Å². The Kier molecular flexibility index (Phi) is 5.23. The molecule has 0 radical (unpaired) electrons. The molecule has 0 bridgehead atoms. The predicted molar refractivity (Wildman–Crippen MR) is 128 cm³/mol. The molecule has 0 saturated carbocycles. The van der Waals surface area contributed by atoms with E-state index in [0.717, 1.165) is 45.4 Å². The highest BCUT2D eigenvalue weighted by Gasteiger charge is 2.25. The Morgan fingerprint density at radius 1 is 1.12 bits per heavy atom. The van der Waals surface area contributed by atoms with Crippen molar-refractivity contribution >= 4 is 46.2 Å². The van der Waals surface area contributed by atoms with Crippen LogP contribution < -0.4 is 14.8 Å². The van der Waals surface area contributed by atoms with E-state index in [1.807, 2.05) is 63.2 Å². The lowest BCUT2D eigenvalue weighted by Crippen LogP contribution is -2.19. The summed E-state index contributed by atoms with van der Waals surface area (Å²) in [5.74, 6) is 1.32. The fourth-order valence-corrected chi connectivity index (χ4v) is 4.80. The molecule has 0 aliphatic carbocycles. The number of hydrogen-bond donors (Lipinski definition) is 1. The topological polar surface area (TPSA) is 64.9 Å². The van der Waals surface area contributed by atoms with Crippen molar-refractivity contribution in [1.82, 2.24) is 9.88 Å². The summed E-state index contributed by atoms with van der Waals surface area (Å²) in [7, 11) is 0. The predicted octanol–water partition coefficient (Wildman–Crippen LogP) is 5.68. The maximum Gasteiger partial charge on any atom is 0.264 e. The standard InChI is InChI=1S/C24H20ClN3O3S/c1-13-9-16(15(3)28(13)17-7-8-20-21(11-17)31-12-30-20)10-22-23(29)27-24(32-22)26-19-6-4-5-18(25)14(19)2/h4-11H,12H2,1-3H3,(H,26,27,29)/b22-10+. The average Bonchev–Trinajstić information content (AvgIpc) is 3.43. The molecule has 2 aromatic carbocycles. The molecule has 6 nitrogen and oxygen atoms in total. The van der Waals surface area contributed by atoms with E-state index < -0.39 is 0 Å². The molecule has 0 spiro atoms. The van der Waals surface area contributed by atoms with Gasteiger partial charge in [-0.2, -0.15) is 0 Å². The molecule has 1 N–H and O–H groups in total. The van der Waals surface area contributed by atoms with Gasteiger partial charge in [-0.3, -0.25) is 4.79 Å². The maximum atomic E-state index is 12.6. The monoisotopic (exact) mass is 465 g/mol. The van der Waals surface area contributed by atoms with Gasteiger partial charge in [0.25, 0.3) is 5.91 Å².